The Morgan fingerprint density at radius 1 is 0.933 bits per heavy atom. The fourth-order valence-corrected chi connectivity index (χ4v) is 3.71. The van der Waals surface area contributed by atoms with Crippen LogP contribution in [0.4, 0.5) is 11.4 Å². The Morgan fingerprint density at radius 3 is 2.10 bits per heavy atom. The van der Waals surface area contributed by atoms with Crippen molar-refractivity contribution in [1.29, 1.82) is 0 Å². The molecule has 2 aromatic rings. The van der Waals surface area contributed by atoms with Gasteiger partial charge in [0, 0.05) is 23.9 Å². The maximum Gasteiger partial charge on any atom is 0.279 e. The number of rotatable bonds is 5. The first kappa shape index (κ1) is 21.5. The average molecular weight is 410 g/mol. The Hall–Kier alpha value is -3.19. The number of piperazine rings is 1. The van der Waals surface area contributed by atoms with Crippen molar-refractivity contribution in [2.45, 2.75) is 20.8 Å². The van der Waals surface area contributed by atoms with Crippen LogP contribution in [0.15, 0.2) is 42.5 Å². The molecule has 30 heavy (non-hydrogen) atoms. The highest BCUT2D eigenvalue weighted by molar-refractivity contribution is 5.95. The van der Waals surface area contributed by atoms with Gasteiger partial charge in [-0.05, 0) is 49.2 Å². The number of para-hydroxylation sites is 1. The Labute approximate surface area is 177 Å². The predicted octanol–water partition coefficient (Wildman–Crippen LogP) is 1.24. The van der Waals surface area contributed by atoms with Crippen molar-refractivity contribution in [3.8, 4) is 0 Å². The molecule has 1 aliphatic rings. The molecular formula is C23H29N4O3+. The monoisotopic (exact) mass is 409 g/mol. The maximum atomic E-state index is 12.7. The van der Waals surface area contributed by atoms with E-state index in [1.54, 1.807) is 24.3 Å². The third-order valence-electron chi connectivity index (χ3n) is 5.37. The second kappa shape index (κ2) is 9.54. The van der Waals surface area contributed by atoms with Crippen molar-refractivity contribution in [3.05, 3.63) is 59.2 Å². The minimum absolute atomic E-state index is 0.00395. The summed E-state index contributed by atoms with van der Waals surface area (Å²) < 4.78 is 0. The number of anilines is 2. The molecule has 1 saturated heterocycles. The number of hydrogen-bond donors (Lipinski definition) is 3. The van der Waals surface area contributed by atoms with E-state index in [1.165, 1.54) is 11.8 Å². The largest absolute Gasteiger partial charge is 0.327 e. The quantitative estimate of drug-likeness (QED) is 0.695. The summed E-state index contributed by atoms with van der Waals surface area (Å²) in [6, 6.07) is 12.9. The lowest BCUT2D eigenvalue weighted by Crippen LogP contribution is -3.15. The van der Waals surface area contributed by atoms with Crippen molar-refractivity contribution in [3.63, 3.8) is 0 Å². The van der Waals surface area contributed by atoms with Crippen LogP contribution < -0.4 is 15.5 Å². The van der Waals surface area contributed by atoms with Gasteiger partial charge in [0.1, 0.15) is 0 Å². The van der Waals surface area contributed by atoms with Gasteiger partial charge in [-0.2, -0.15) is 0 Å². The summed E-state index contributed by atoms with van der Waals surface area (Å²) in [6.45, 7) is 8.50. The number of aryl methyl sites for hydroxylation is 2. The van der Waals surface area contributed by atoms with Gasteiger partial charge in [-0.3, -0.25) is 14.4 Å². The van der Waals surface area contributed by atoms with E-state index in [0.29, 0.717) is 30.9 Å². The Morgan fingerprint density at radius 2 is 1.53 bits per heavy atom. The third kappa shape index (κ3) is 5.45. The second-order valence-corrected chi connectivity index (χ2v) is 7.79. The van der Waals surface area contributed by atoms with Gasteiger partial charge in [-0.25, -0.2) is 0 Å². The number of amides is 3. The fourth-order valence-electron chi connectivity index (χ4n) is 3.71. The van der Waals surface area contributed by atoms with Gasteiger partial charge in [-0.15, -0.1) is 0 Å². The molecule has 0 radical (unpaired) electrons. The van der Waals surface area contributed by atoms with Gasteiger partial charge >= 0.3 is 0 Å². The van der Waals surface area contributed by atoms with Gasteiger partial charge in [-0.1, -0.05) is 18.2 Å². The Kier molecular flexibility index (Phi) is 6.84. The van der Waals surface area contributed by atoms with Crippen molar-refractivity contribution >= 4 is 29.1 Å². The number of quaternary nitrogens is 1. The molecule has 0 aliphatic carbocycles. The van der Waals surface area contributed by atoms with Crippen LogP contribution in [0.1, 0.15) is 28.4 Å². The summed E-state index contributed by atoms with van der Waals surface area (Å²) in [7, 11) is 0. The first-order valence-corrected chi connectivity index (χ1v) is 10.2. The van der Waals surface area contributed by atoms with Gasteiger partial charge in [0.15, 0.2) is 6.54 Å². The van der Waals surface area contributed by atoms with Crippen molar-refractivity contribution < 1.29 is 19.3 Å². The lowest BCUT2D eigenvalue weighted by Gasteiger charge is -2.32. The molecule has 158 valence electrons. The molecule has 3 amide bonds. The minimum Gasteiger partial charge on any atom is -0.327 e. The topological polar surface area (TPSA) is 83.0 Å². The summed E-state index contributed by atoms with van der Waals surface area (Å²) >= 11 is 0. The van der Waals surface area contributed by atoms with Crippen LogP contribution in [-0.4, -0.2) is 55.3 Å². The first-order valence-electron chi connectivity index (χ1n) is 10.2. The lowest BCUT2D eigenvalue weighted by molar-refractivity contribution is -0.895. The molecule has 1 heterocycles. The molecule has 3 rings (SSSR count). The van der Waals surface area contributed by atoms with Crippen molar-refractivity contribution in [2.75, 3.05) is 43.4 Å². The van der Waals surface area contributed by atoms with Crippen LogP contribution in [-0.2, 0) is 9.59 Å². The van der Waals surface area contributed by atoms with Crippen LogP contribution in [0.2, 0.25) is 0 Å². The highest BCUT2D eigenvalue weighted by atomic mass is 16.2. The molecule has 1 aliphatic heterocycles. The SMILES string of the molecule is CC(=O)Nc1ccc(C(=O)N2CC[NH+](CC(=O)Nc3c(C)cccc3C)CC2)cc1. The second-order valence-electron chi connectivity index (χ2n) is 7.79. The number of carbonyl (C=O) groups excluding carboxylic acids is 3. The zero-order valence-corrected chi connectivity index (χ0v) is 17.7. The molecule has 7 nitrogen and oxygen atoms in total. The minimum atomic E-state index is -0.144. The summed E-state index contributed by atoms with van der Waals surface area (Å²) in [5, 5.41) is 5.73. The average Bonchev–Trinajstić information content (AvgIpc) is 2.71. The molecular weight excluding hydrogens is 380 g/mol. The van der Waals surface area contributed by atoms with Gasteiger partial charge < -0.3 is 20.4 Å². The summed E-state index contributed by atoms with van der Waals surface area (Å²) in [5.74, 6) is -0.172. The third-order valence-corrected chi connectivity index (χ3v) is 5.37. The van der Waals surface area contributed by atoms with Gasteiger partial charge in [0.05, 0.1) is 26.2 Å². The molecule has 1 fully saturated rings. The standard InChI is InChI=1S/C23H28N4O3/c1-16-5-4-6-17(2)22(16)25-21(29)15-26-11-13-27(14-12-26)23(30)19-7-9-20(10-8-19)24-18(3)28/h4-10H,11-15H2,1-3H3,(H,24,28)(H,25,29)/p+1. The predicted molar refractivity (Wildman–Crippen MR) is 117 cm³/mol. The highest BCUT2D eigenvalue weighted by Gasteiger charge is 2.26. The number of nitrogens with zero attached hydrogens (tertiary/aromatic N) is 1. The number of hydrogen-bond acceptors (Lipinski definition) is 3. The van der Waals surface area contributed by atoms with E-state index in [1.807, 2.05) is 36.9 Å². The van der Waals surface area contributed by atoms with E-state index in [-0.39, 0.29) is 17.7 Å². The molecule has 7 heteroatoms. The van der Waals surface area contributed by atoms with Crippen molar-refractivity contribution in [2.24, 2.45) is 0 Å². The number of benzene rings is 2. The van der Waals surface area contributed by atoms with Crippen molar-refractivity contribution in [1.82, 2.24) is 4.90 Å². The normalized spacial score (nSPS) is 14.3. The van der Waals surface area contributed by atoms with Crippen LogP contribution in [0.3, 0.4) is 0 Å². The molecule has 0 spiro atoms. The van der Waals surface area contributed by atoms with E-state index < -0.39 is 0 Å². The maximum absolute atomic E-state index is 12.7. The lowest BCUT2D eigenvalue weighted by atomic mass is 10.1. The van der Waals surface area contributed by atoms with E-state index in [2.05, 4.69) is 10.6 Å². The van der Waals surface area contributed by atoms with E-state index >= 15 is 0 Å². The van der Waals surface area contributed by atoms with Gasteiger partial charge in [0.2, 0.25) is 5.91 Å². The highest BCUT2D eigenvalue weighted by Crippen LogP contribution is 2.19. The smallest absolute Gasteiger partial charge is 0.279 e. The van der Waals surface area contributed by atoms with E-state index in [4.69, 9.17) is 0 Å². The molecule has 2 aromatic carbocycles. The Bertz CT molecular complexity index is 912. The molecule has 3 N–H and O–H groups in total. The van der Waals surface area contributed by atoms with Crippen LogP contribution in [0.25, 0.3) is 0 Å². The first-order chi connectivity index (χ1) is 14.3. The number of carbonyl (C=O) groups is 3. The zero-order chi connectivity index (χ0) is 21.7. The molecule has 0 bridgehead atoms. The Balaban J connectivity index is 1.50. The summed E-state index contributed by atoms with van der Waals surface area (Å²) in [6.07, 6.45) is 0. The fraction of sp³-hybridized carbons (Fsp3) is 0.348. The number of nitrogens with one attached hydrogen (secondary N) is 3. The van der Waals surface area contributed by atoms with Crippen LogP contribution >= 0.6 is 0 Å². The van der Waals surface area contributed by atoms with E-state index in [9.17, 15) is 14.4 Å². The molecule has 0 aromatic heterocycles. The molecule has 0 atom stereocenters. The summed E-state index contributed by atoms with van der Waals surface area (Å²) in [5.41, 5.74) is 4.26. The summed E-state index contributed by atoms with van der Waals surface area (Å²) in [4.78, 5) is 39.3. The van der Waals surface area contributed by atoms with E-state index in [0.717, 1.165) is 29.9 Å². The van der Waals surface area contributed by atoms with Crippen LogP contribution in [0.5, 0.6) is 0 Å². The molecule has 0 saturated carbocycles. The zero-order valence-electron chi connectivity index (χ0n) is 17.7. The van der Waals surface area contributed by atoms with Gasteiger partial charge in [0.25, 0.3) is 11.8 Å². The van der Waals surface area contributed by atoms with Crippen LogP contribution in [0, 0.1) is 13.8 Å². The molecule has 0 unspecified atom stereocenters.